The lowest BCUT2D eigenvalue weighted by atomic mass is 10.2. The van der Waals surface area contributed by atoms with E-state index in [2.05, 4.69) is 0 Å². The molecule has 1 rings (SSSR count). The Morgan fingerprint density at radius 1 is 1.32 bits per heavy atom. The Labute approximate surface area is 113 Å². The first-order chi connectivity index (χ1) is 8.89. The average molecular weight is 265 g/mol. The van der Waals surface area contributed by atoms with E-state index in [1.165, 1.54) is 12.0 Å². The molecule has 104 valence electrons. The molecule has 0 radical (unpaired) electrons. The molecular weight excluding hydrogens is 246 g/mol. The third-order valence-corrected chi connectivity index (χ3v) is 2.25. The largest absolute Gasteiger partial charge is 0.495 e. The molecule has 0 atom stereocenters. The number of carbonyl (C=O) groups excluding carboxylic acids is 2. The quantitative estimate of drug-likeness (QED) is 0.785. The maximum atomic E-state index is 12.1. The molecule has 0 aliphatic carbocycles. The fourth-order valence-corrected chi connectivity index (χ4v) is 1.52. The average Bonchev–Trinajstić information content (AvgIpc) is 2.33. The molecule has 0 aromatic heterocycles. The first-order valence-corrected chi connectivity index (χ1v) is 5.96. The van der Waals surface area contributed by atoms with Crippen LogP contribution < -0.4 is 9.64 Å². The van der Waals surface area contributed by atoms with E-state index in [9.17, 15) is 9.59 Å². The van der Waals surface area contributed by atoms with Crippen LogP contribution in [0.3, 0.4) is 0 Å². The molecule has 0 heterocycles. The number of methoxy groups -OCH3 is 1. The number of carbonyl (C=O) groups is 2. The SMILES string of the molecule is COc1ccccc1N(CC=O)C(=O)OC(C)(C)C. The number of aldehydes is 1. The second-order valence-electron chi connectivity index (χ2n) is 4.93. The van der Waals surface area contributed by atoms with E-state index < -0.39 is 11.7 Å². The predicted octanol–water partition coefficient (Wildman–Crippen LogP) is 2.64. The van der Waals surface area contributed by atoms with Crippen molar-refractivity contribution >= 4 is 18.1 Å². The molecule has 0 saturated carbocycles. The molecule has 5 heteroatoms. The summed E-state index contributed by atoms with van der Waals surface area (Å²) in [5.74, 6) is 0.509. The molecule has 1 amide bonds. The monoisotopic (exact) mass is 265 g/mol. The van der Waals surface area contributed by atoms with Crippen molar-refractivity contribution in [3.8, 4) is 5.75 Å². The lowest BCUT2D eigenvalue weighted by molar-refractivity contribution is -0.106. The standard InChI is InChI=1S/C14H19NO4/c1-14(2,3)19-13(17)15(9-10-16)11-7-5-6-8-12(11)18-4/h5-8,10H,9H2,1-4H3. The van der Waals surface area contributed by atoms with Crippen molar-refractivity contribution in [2.45, 2.75) is 26.4 Å². The summed E-state index contributed by atoms with van der Waals surface area (Å²) in [6.45, 7) is 5.22. The maximum absolute atomic E-state index is 12.1. The number of nitrogens with zero attached hydrogens (tertiary/aromatic N) is 1. The van der Waals surface area contributed by atoms with Gasteiger partial charge in [-0.1, -0.05) is 12.1 Å². The normalized spacial score (nSPS) is 10.7. The van der Waals surface area contributed by atoms with Crippen LogP contribution >= 0.6 is 0 Å². The number of anilines is 1. The van der Waals surface area contributed by atoms with Gasteiger partial charge in [-0.25, -0.2) is 4.79 Å². The van der Waals surface area contributed by atoms with E-state index in [1.807, 2.05) is 0 Å². The van der Waals surface area contributed by atoms with E-state index in [4.69, 9.17) is 9.47 Å². The Hall–Kier alpha value is -2.04. The Morgan fingerprint density at radius 2 is 1.95 bits per heavy atom. The van der Waals surface area contributed by atoms with Crippen LogP contribution in [0.25, 0.3) is 0 Å². The van der Waals surface area contributed by atoms with Crippen LogP contribution in [-0.2, 0) is 9.53 Å². The molecule has 0 aliphatic heterocycles. The molecule has 1 aromatic rings. The zero-order valence-electron chi connectivity index (χ0n) is 11.7. The zero-order chi connectivity index (χ0) is 14.5. The van der Waals surface area contributed by atoms with Crippen molar-refractivity contribution in [3.63, 3.8) is 0 Å². The molecule has 0 unspecified atom stereocenters. The van der Waals surface area contributed by atoms with Crippen molar-refractivity contribution < 1.29 is 19.1 Å². The minimum Gasteiger partial charge on any atom is -0.495 e. The van der Waals surface area contributed by atoms with Gasteiger partial charge >= 0.3 is 6.09 Å². The number of rotatable bonds is 4. The highest BCUT2D eigenvalue weighted by atomic mass is 16.6. The lowest BCUT2D eigenvalue weighted by Gasteiger charge is -2.27. The van der Waals surface area contributed by atoms with E-state index >= 15 is 0 Å². The fourth-order valence-electron chi connectivity index (χ4n) is 1.52. The summed E-state index contributed by atoms with van der Waals surface area (Å²) in [4.78, 5) is 24.1. The topological polar surface area (TPSA) is 55.8 Å². The van der Waals surface area contributed by atoms with E-state index in [-0.39, 0.29) is 6.54 Å². The summed E-state index contributed by atoms with van der Waals surface area (Å²) in [5, 5.41) is 0. The Kier molecular flexibility index (Phi) is 4.92. The molecular formula is C14H19NO4. The van der Waals surface area contributed by atoms with Gasteiger partial charge in [-0.05, 0) is 32.9 Å². The Balaban J connectivity index is 3.06. The van der Waals surface area contributed by atoms with Crippen molar-refractivity contribution in [2.75, 3.05) is 18.6 Å². The first-order valence-electron chi connectivity index (χ1n) is 5.96. The zero-order valence-corrected chi connectivity index (χ0v) is 11.7. The highest BCUT2D eigenvalue weighted by Gasteiger charge is 2.24. The number of amides is 1. The molecule has 19 heavy (non-hydrogen) atoms. The molecule has 0 aliphatic rings. The smallest absolute Gasteiger partial charge is 0.415 e. The number of para-hydroxylation sites is 2. The molecule has 1 aromatic carbocycles. The first kappa shape index (κ1) is 15.0. The molecule has 0 N–H and O–H groups in total. The predicted molar refractivity (Wildman–Crippen MR) is 72.6 cm³/mol. The van der Waals surface area contributed by atoms with Crippen LogP contribution in [0, 0.1) is 0 Å². The number of benzene rings is 1. The van der Waals surface area contributed by atoms with Crippen LogP contribution in [0.2, 0.25) is 0 Å². The number of hydrogen-bond acceptors (Lipinski definition) is 4. The summed E-state index contributed by atoms with van der Waals surface area (Å²) in [6, 6.07) is 6.97. The van der Waals surface area contributed by atoms with E-state index in [1.54, 1.807) is 45.0 Å². The van der Waals surface area contributed by atoms with E-state index in [0.717, 1.165) is 0 Å². The van der Waals surface area contributed by atoms with Gasteiger partial charge in [-0.3, -0.25) is 4.90 Å². The van der Waals surface area contributed by atoms with Crippen LogP contribution in [0.5, 0.6) is 5.75 Å². The summed E-state index contributed by atoms with van der Waals surface area (Å²) in [5.41, 5.74) is -0.119. The van der Waals surface area contributed by atoms with Gasteiger partial charge in [-0.2, -0.15) is 0 Å². The summed E-state index contributed by atoms with van der Waals surface area (Å²) >= 11 is 0. The minimum atomic E-state index is -0.625. The van der Waals surface area contributed by atoms with Gasteiger partial charge in [0, 0.05) is 0 Å². The van der Waals surface area contributed by atoms with Gasteiger partial charge in [0.05, 0.1) is 19.3 Å². The molecule has 5 nitrogen and oxygen atoms in total. The van der Waals surface area contributed by atoms with Crippen molar-refractivity contribution in [3.05, 3.63) is 24.3 Å². The van der Waals surface area contributed by atoms with Crippen molar-refractivity contribution in [1.29, 1.82) is 0 Å². The Bertz CT molecular complexity index is 451. The van der Waals surface area contributed by atoms with Gasteiger partial charge in [-0.15, -0.1) is 0 Å². The molecule has 0 spiro atoms. The van der Waals surface area contributed by atoms with Gasteiger partial charge in [0.1, 0.15) is 17.6 Å². The van der Waals surface area contributed by atoms with Gasteiger partial charge in [0.25, 0.3) is 0 Å². The highest BCUT2D eigenvalue weighted by Crippen LogP contribution is 2.28. The highest BCUT2D eigenvalue weighted by molar-refractivity contribution is 5.92. The summed E-state index contributed by atoms with van der Waals surface area (Å²) < 4.78 is 10.5. The third-order valence-electron chi connectivity index (χ3n) is 2.25. The minimum absolute atomic E-state index is 0.0880. The second kappa shape index (κ2) is 6.22. The second-order valence-corrected chi connectivity index (χ2v) is 4.93. The van der Waals surface area contributed by atoms with Crippen molar-refractivity contribution in [1.82, 2.24) is 0 Å². The van der Waals surface area contributed by atoms with Crippen LogP contribution in [0.4, 0.5) is 10.5 Å². The molecule has 0 fully saturated rings. The summed E-state index contributed by atoms with van der Waals surface area (Å²) in [7, 11) is 1.51. The number of ether oxygens (including phenoxy) is 2. The fraction of sp³-hybridized carbons (Fsp3) is 0.429. The van der Waals surface area contributed by atoms with Crippen LogP contribution in [0.1, 0.15) is 20.8 Å². The summed E-state index contributed by atoms with van der Waals surface area (Å²) in [6.07, 6.45) is 0.0696. The van der Waals surface area contributed by atoms with Gasteiger partial charge in [0.2, 0.25) is 0 Å². The van der Waals surface area contributed by atoms with Crippen LogP contribution in [-0.4, -0.2) is 31.6 Å². The molecule has 0 bridgehead atoms. The number of hydrogen-bond donors (Lipinski definition) is 0. The van der Waals surface area contributed by atoms with Gasteiger partial charge in [0.15, 0.2) is 0 Å². The third kappa shape index (κ3) is 4.28. The van der Waals surface area contributed by atoms with Gasteiger partial charge < -0.3 is 14.3 Å². The molecule has 0 saturated heterocycles. The van der Waals surface area contributed by atoms with Crippen molar-refractivity contribution in [2.24, 2.45) is 0 Å². The van der Waals surface area contributed by atoms with Crippen LogP contribution in [0.15, 0.2) is 24.3 Å². The van der Waals surface area contributed by atoms with E-state index in [0.29, 0.717) is 17.7 Å². The maximum Gasteiger partial charge on any atom is 0.415 e. The lowest BCUT2D eigenvalue weighted by Crippen LogP contribution is -2.38. The Morgan fingerprint density at radius 3 is 2.47 bits per heavy atom.